The van der Waals surface area contributed by atoms with E-state index in [2.05, 4.69) is 27.6 Å². The van der Waals surface area contributed by atoms with Crippen LogP contribution in [0.5, 0.6) is 5.88 Å². The van der Waals surface area contributed by atoms with Gasteiger partial charge in [0.2, 0.25) is 5.88 Å². The number of rotatable bonds is 11. The van der Waals surface area contributed by atoms with Crippen molar-refractivity contribution < 1.29 is 28.7 Å². The molecule has 16 heteroatoms. The number of carbonyl (C=O) groups excluding carboxylic acids is 4. The lowest BCUT2D eigenvalue weighted by molar-refractivity contribution is -0.147. The fraction of sp³-hybridized carbons (Fsp3) is 0.333. The zero-order valence-corrected chi connectivity index (χ0v) is 25.0. The molecule has 6 N–H and O–H groups in total. The molecule has 230 valence electrons. The van der Waals surface area contributed by atoms with Crippen molar-refractivity contribution in [3.8, 4) is 5.88 Å². The van der Waals surface area contributed by atoms with Gasteiger partial charge in [0.15, 0.2) is 0 Å². The monoisotopic (exact) mass is 615 g/mol. The SMILES string of the molecule is C=C1CC(C)(COc2cc(C(=O)Nc3cc(C(=O)Nc4cc(C(=O)NCCC(=N)N)n(C)c4)n(C)c3)n(C)n2)OC1=O.Cl. The zero-order valence-electron chi connectivity index (χ0n) is 24.1. The number of aryl methyl sites for hydroxylation is 3. The third-order valence-electron chi connectivity index (χ3n) is 6.50. The van der Waals surface area contributed by atoms with Crippen LogP contribution in [-0.2, 0) is 30.7 Å². The maximum absolute atomic E-state index is 13.0. The molecule has 4 heterocycles. The molecule has 0 saturated carbocycles. The standard InChI is InChI=1S/C27H33N9O6.ClH/c1-15-11-27(2,42-26(15)40)14-41-22-10-20(36(5)33-22)25(39)32-17-9-19(35(4)13-17)24(38)31-16-8-18(34(3)12-16)23(37)30-7-6-21(28)29;/h8-10,12-13H,1,6-7,11,14H2,2-5H3,(H3,28,29)(H,30,37)(H,31,38)(H,32,39);1H. The summed E-state index contributed by atoms with van der Waals surface area (Å²) in [6.07, 6.45) is 3.75. The van der Waals surface area contributed by atoms with Crippen LogP contribution in [0.1, 0.15) is 51.2 Å². The zero-order chi connectivity index (χ0) is 30.8. The molecule has 3 aromatic rings. The maximum atomic E-state index is 13.0. The van der Waals surface area contributed by atoms with Gasteiger partial charge in [0.25, 0.3) is 17.7 Å². The van der Waals surface area contributed by atoms with E-state index < -0.39 is 23.4 Å². The van der Waals surface area contributed by atoms with Crippen LogP contribution >= 0.6 is 12.4 Å². The molecule has 0 bridgehead atoms. The predicted octanol–water partition coefficient (Wildman–Crippen LogP) is 1.72. The minimum Gasteiger partial charge on any atom is -0.472 e. The van der Waals surface area contributed by atoms with Crippen LogP contribution in [0.4, 0.5) is 11.4 Å². The Morgan fingerprint density at radius 1 is 1.05 bits per heavy atom. The molecule has 1 aliphatic rings. The van der Waals surface area contributed by atoms with Gasteiger partial charge in [-0.25, -0.2) is 4.79 Å². The largest absolute Gasteiger partial charge is 0.472 e. The van der Waals surface area contributed by atoms with E-state index in [9.17, 15) is 19.2 Å². The lowest BCUT2D eigenvalue weighted by Crippen LogP contribution is -2.32. The highest BCUT2D eigenvalue weighted by molar-refractivity contribution is 6.07. The Morgan fingerprint density at radius 2 is 1.60 bits per heavy atom. The van der Waals surface area contributed by atoms with Crippen LogP contribution in [0.15, 0.2) is 42.7 Å². The van der Waals surface area contributed by atoms with Gasteiger partial charge >= 0.3 is 5.97 Å². The predicted molar refractivity (Wildman–Crippen MR) is 160 cm³/mol. The van der Waals surface area contributed by atoms with E-state index in [4.69, 9.17) is 20.6 Å². The first-order chi connectivity index (χ1) is 19.7. The minimum atomic E-state index is -0.862. The Kier molecular flexibility index (Phi) is 9.71. The van der Waals surface area contributed by atoms with Crippen molar-refractivity contribution in [2.45, 2.75) is 25.4 Å². The molecular weight excluding hydrogens is 582 g/mol. The molecule has 0 aromatic carbocycles. The molecule has 1 unspecified atom stereocenters. The quantitative estimate of drug-likeness (QED) is 0.0928. The van der Waals surface area contributed by atoms with Crippen molar-refractivity contribution in [2.24, 2.45) is 26.9 Å². The summed E-state index contributed by atoms with van der Waals surface area (Å²) < 4.78 is 15.5. The Morgan fingerprint density at radius 3 is 2.14 bits per heavy atom. The van der Waals surface area contributed by atoms with Gasteiger partial charge in [0, 0.05) is 64.6 Å². The molecule has 0 spiro atoms. The van der Waals surface area contributed by atoms with Gasteiger partial charge in [-0.1, -0.05) is 6.58 Å². The lowest BCUT2D eigenvalue weighted by Gasteiger charge is -2.21. The summed E-state index contributed by atoms with van der Waals surface area (Å²) in [5.74, 6) is -1.61. The van der Waals surface area contributed by atoms with Crippen molar-refractivity contribution in [2.75, 3.05) is 23.8 Å². The molecule has 0 aliphatic carbocycles. The molecule has 1 aliphatic heterocycles. The van der Waals surface area contributed by atoms with Gasteiger partial charge in [0.05, 0.1) is 17.2 Å². The minimum absolute atomic E-state index is 0. The third-order valence-corrected chi connectivity index (χ3v) is 6.50. The molecule has 15 nitrogen and oxygen atoms in total. The normalized spacial score (nSPS) is 15.8. The Bertz CT molecular complexity index is 1590. The molecule has 3 aromatic heterocycles. The van der Waals surface area contributed by atoms with E-state index in [-0.39, 0.29) is 61.0 Å². The number of ether oxygens (including phenoxy) is 2. The van der Waals surface area contributed by atoms with E-state index in [0.29, 0.717) is 29.1 Å². The van der Waals surface area contributed by atoms with Gasteiger partial charge in [-0.2, -0.15) is 0 Å². The van der Waals surface area contributed by atoms with Crippen molar-refractivity contribution in [1.82, 2.24) is 24.2 Å². The summed E-state index contributed by atoms with van der Waals surface area (Å²) in [5, 5.41) is 19.6. The third kappa shape index (κ3) is 7.62. The number of cyclic esters (lactones) is 1. The van der Waals surface area contributed by atoms with Crippen LogP contribution in [-0.4, -0.2) is 67.2 Å². The van der Waals surface area contributed by atoms with Crippen LogP contribution in [0.25, 0.3) is 0 Å². The summed E-state index contributed by atoms with van der Waals surface area (Å²) >= 11 is 0. The van der Waals surface area contributed by atoms with Gasteiger partial charge in [-0.05, 0) is 19.1 Å². The number of hydrogen-bond acceptors (Lipinski definition) is 8. The van der Waals surface area contributed by atoms with Crippen molar-refractivity contribution in [1.29, 1.82) is 5.41 Å². The number of nitrogens with two attached hydrogens (primary N) is 1. The van der Waals surface area contributed by atoms with Gasteiger partial charge in [-0.3, -0.25) is 24.5 Å². The average molecular weight is 616 g/mol. The molecule has 1 fully saturated rings. The number of nitrogens with zero attached hydrogens (tertiary/aromatic N) is 4. The second-order valence-corrected chi connectivity index (χ2v) is 10.3. The van der Waals surface area contributed by atoms with E-state index in [0.717, 1.165) is 0 Å². The van der Waals surface area contributed by atoms with Crippen LogP contribution in [0, 0.1) is 5.41 Å². The second-order valence-electron chi connectivity index (χ2n) is 10.3. The summed E-state index contributed by atoms with van der Waals surface area (Å²) in [4.78, 5) is 50.1. The summed E-state index contributed by atoms with van der Waals surface area (Å²) in [6.45, 7) is 5.67. The highest BCUT2D eigenvalue weighted by Gasteiger charge is 2.39. The van der Waals surface area contributed by atoms with Gasteiger partial charge in [0.1, 0.15) is 29.3 Å². The summed E-state index contributed by atoms with van der Waals surface area (Å²) in [6, 6.07) is 4.51. The average Bonchev–Trinajstić information content (AvgIpc) is 3.63. The van der Waals surface area contributed by atoms with Crippen molar-refractivity contribution in [3.05, 3.63) is 59.8 Å². The summed E-state index contributed by atoms with van der Waals surface area (Å²) in [5.41, 5.74) is 6.38. The molecule has 3 amide bonds. The number of carbonyl (C=O) groups is 4. The maximum Gasteiger partial charge on any atom is 0.334 e. The number of amides is 3. The first-order valence-corrected chi connectivity index (χ1v) is 12.9. The Hall–Kier alpha value is -5.05. The summed E-state index contributed by atoms with van der Waals surface area (Å²) in [7, 11) is 4.91. The van der Waals surface area contributed by atoms with E-state index in [1.165, 1.54) is 22.9 Å². The van der Waals surface area contributed by atoms with E-state index >= 15 is 0 Å². The fourth-order valence-electron chi connectivity index (χ4n) is 4.40. The molecule has 4 rings (SSSR count). The highest BCUT2D eigenvalue weighted by Crippen LogP contribution is 2.30. The number of esters is 1. The van der Waals surface area contributed by atoms with E-state index in [1.54, 1.807) is 49.6 Å². The topological polar surface area (TPSA) is 200 Å². The molecule has 43 heavy (non-hydrogen) atoms. The van der Waals surface area contributed by atoms with E-state index in [1.807, 2.05) is 0 Å². The van der Waals surface area contributed by atoms with Crippen molar-refractivity contribution in [3.63, 3.8) is 0 Å². The molecule has 0 radical (unpaired) electrons. The Labute approximate surface area is 253 Å². The molecule has 1 saturated heterocycles. The van der Waals surface area contributed by atoms with Crippen LogP contribution in [0.2, 0.25) is 0 Å². The number of amidine groups is 1. The number of halogens is 1. The van der Waals surface area contributed by atoms with Gasteiger partial charge in [-0.15, -0.1) is 17.5 Å². The fourth-order valence-corrected chi connectivity index (χ4v) is 4.40. The lowest BCUT2D eigenvalue weighted by atomic mass is 10.0. The number of nitrogens with one attached hydrogen (secondary N) is 4. The number of aromatic nitrogens is 4. The Balaban J connectivity index is 0.00000506. The second kappa shape index (κ2) is 12.9. The smallest absolute Gasteiger partial charge is 0.334 e. The number of anilines is 2. The van der Waals surface area contributed by atoms with Crippen molar-refractivity contribution >= 4 is 53.3 Å². The molecular formula is C27H34ClN9O6. The first kappa shape index (κ1) is 32.5. The highest BCUT2D eigenvalue weighted by atomic mass is 35.5. The van der Waals surface area contributed by atoms with Gasteiger partial charge < -0.3 is 40.3 Å². The van der Waals surface area contributed by atoms with Crippen LogP contribution < -0.4 is 26.4 Å². The van der Waals surface area contributed by atoms with Crippen LogP contribution in [0.3, 0.4) is 0 Å². The molecule has 1 atom stereocenters. The first-order valence-electron chi connectivity index (χ1n) is 12.9. The number of hydrogen-bond donors (Lipinski definition) is 5.